The number of carbonyl (C=O) groups excluding carboxylic acids is 1. The van der Waals surface area contributed by atoms with Crippen LogP contribution in [0.4, 0.5) is 4.79 Å². The average Bonchev–Trinajstić information content (AvgIpc) is 2.57. The summed E-state index contributed by atoms with van der Waals surface area (Å²) in [6, 6.07) is 17.3. The normalized spacial score (nSPS) is 10.8. The van der Waals surface area contributed by atoms with Crippen molar-refractivity contribution in [2.75, 3.05) is 0 Å². The van der Waals surface area contributed by atoms with Gasteiger partial charge in [0.05, 0.1) is 0 Å². The van der Waals surface area contributed by atoms with Crippen LogP contribution in [0.1, 0.15) is 37.5 Å². The van der Waals surface area contributed by atoms with Gasteiger partial charge in [0, 0.05) is 17.6 Å². The molecule has 0 heterocycles. The van der Waals surface area contributed by atoms with Gasteiger partial charge in [0.1, 0.15) is 6.61 Å². The Labute approximate surface area is 144 Å². The van der Waals surface area contributed by atoms with Gasteiger partial charge in [0.25, 0.3) is 0 Å². The molecule has 0 fully saturated rings. The number of nitrogens with zero attached hydrogens (tertiary/aromatic N) is 1. The van der Waals surface area contributed by atoms with E-state index in [1.165, 1.54) is 0 Å². The third-order valence-electron chi connectivity index (χ3n) is 3.67. The number of ether oxygens (including phenoxy) is 1. The van der Waals surface area contributed by atoms with Gasteiger partial charge in [0.15, 0.2) is 0 Å². The van der Waals surface area contributed by atoms with Gasteiger partial charge in [-0.3, -0.25) is 4.90 Å². The standard InChI is InChI=1S/C21H23NO2/c1-5-17-12-9-13-19(14-17)15-22(21(2,3)4)20(23)24-16-18-10-7-6-8-11-18/h1,6-14H,15-16H2,2-4H3. The summed E-state index contributed by atoms with van der Waals surface area (Å²) in [4.78, 5) is 14.3. The number of hydrogen-bond acceptors (Lipinski definition) is 2. The summed E-state index contributed by atoms with van der Waals surface area (Å²) in [5.74, 6) is 2.62. The summed E-state index contributed by atoms with van der Waals surface area (Å²) in [6.07, 6.45) is 5.12. The van der Waals surface area contributed by atoms with Gasteiger partial charge in [0.2, 0.25) is 0 Å². The molecule has 0 aliphatic rings. The van der Waals surface area contributed by atoms with E-state index in [0.717, 1.165) is 16.7 Å². The van der Waals surface area contributed by atoms with Gasteiger partial charge in [-0.15, -0.1) is 6.42 Å². The summed E-state index contributed by atoms with van der Waals surface area (Å²) in [5, 5.41) is 0. The van der Waals surface area contributed by atoms with Crippen molar-refractivity contribution in [2.24, 2.45) is 0 Å². The molecule has 1 amide bonds. The molecular formula is C21H23NO2. The van der Waals surface area contributed by atoms with Crippen molar-refractivity contribution in [3.8, 4) is 12.3 Å². The molecule has 0 aromatic heterocycles. The smallest absolute Gasteiger partial charge is 0.410 e. The topological polar surface area (TPSA) is 29.5 Å². The van der Waals surface area contributed by atoms with E-state index < -0.39 is 0 Å². The van der Waals surface area contributed by atoms with E-state index in [-0.39, 0.29) is 18.2 Å². The molecule has 2 aromatic rings. The maximum absolute atomic E-state index is 12.6. The zero-order valence-electron chi connectivity index (χ0n) is 14.5. The summed E-state index contributed by atoms with van der Waals surface area (Å²) in [6.45, 7) is 6.68. The Kier molecular flexibility index (Phi) is 5.65. The quantitative estimate of drug-likeness (QED) is 0.770. The van der Waals surface area contributed by atoms with Gasteiger partial charge in [-0.2, -0.15) is 0 Å². The fourth-order valence-electron chi connectivity index (χ4n) is 2.31. The van der Waals surface area contributed by atoms with E-state index in [2.05, 4.69) is 5.92 Å². The number of benzene rings is 2. The van der Waals surface area contributed by atoms with Gasteiger partial charge < -0.3 is 4.74 Å². The molecule has 124 valence electrons. The lowest BCUT2D eigenvalue weighted by Crippen LogP contribution is -2.45. The van der Waals surface area contributed by atoms with E-state index in [1.54, 1.807) is 4.90 Å². The molecular weight excluding hydrogens is 298 g/mol. The second kappa shape index (κ2) is 7.70. The second-order valence-electron chi connectivity index (χ2n) is 6.64. The first-order chi connectivity index (χ1) is 11.4. The molecule has 0 atom stereocenters. The Hall–Kier alpha value is -2.73. The fraction of sp³-hybridized carbons (Fsp3) is 0.286. The van der Waals surface area contributed by atoms with E-state index in [4.69, 9.17) is 11.2 Å². The molecule has 2 aromatic carbocycles. The van der Waals surface area contributed by atoms with Crippen LogP contribution in [-0.4, -0.2) is 16.5 Å². The Morgan fingerprint density at radius 3 is 2.38 bits per heavy atom. The number of terminal acetylenes is 1. The second-order valence-corrected chi connectivity index (χ2v) is 6.64. The van der Waals surface area contributed by atoms with Crippen LogP contribution in [0.2, 0.25) is 0 Å². The van der Waals surface area contributed by atoms with Crippen LogP contribution in [0.25, 0.3) is 0 Å². The van der Waals surface area contributed by atoms with Crippen molar-refractivity contribution in [3.05, 3.63) is 71.3 Å². The van der Waals surface area contributed by atoms with E-state index in [1.807, 2.05) is 75.4 Å². The Balaban J connectivity index is 2.10. The maximum Gasteiger partial charge on any atom is 0.410 e. The van der Waals surface area contributed by atoms with E-state index >= 15 is 0 Å². The van der Waals surface area contributed by atoms with Crippen LogP contribution in [0, 0.1) is 12.3 Å². The van der Waals surface area contributed by atoms with Crippen LogP contribution in [0.5, 0.6) is 0 Å². The van der Waals surface area contributed by atoms with Crippen molar-refractivity contribution >= 4 is 6.09 Å². The summed E-state index contributed by atoms with van der Waals surface area (Å²) >= 11 is 0. The first-order valence-electron chi connectivity index (χ1n) is 7.94. The van der Waals surface area contributed by atoms with Crippen molar-refractivity contribution in [2.45, 2.75) is 39.5 Å². The molecule has 0 spiro atoms. The van der Waals surface area contributed by atoms with Crippen LogP contribution < -0.4 is 0 Å². The van der Waals surface area contributed by atoms with Gasteiger partial charge in [-0.25, -0.2) is 4.79 Å². The predicted octanol–water partition coefficient (Wildman–Crippen LogP) is 4.61. The molecule has 0 N–H and O–H groups in total. The Bertz CT molecular complexity index is 723. The lowest BCUT2D eigenvalue weighted by atomic mass is 10.0. The molecule has 0 aliphatic carbocycles. The molecule has 0 bridgehead atoms. The average molecular weight is 321 g/mol. The number of carbonyl (C=O) groups is 1. The van der Waals surface area contributed by atoms with Crippen molar-refractivity contribution in [3.63, 3.8) is 0 Å². The van der Waals surface area contributed by atoms with Crippen molar-refractivity contribution in [1.29, 1.82) is 0 Å². The molecule has 3 heteroatoms. The third kappa shape index (κ3) is 4.89. The zero-order chi connectivity index (χ0) is 17.6. The highest BCUT2D eigenvalue weighted by Gasteiger charge is 2.28. The lowest BCUT2D eigenvalue weighted by molar-refractivity contribution is 0.0588. The maximum atomic E-state index is 12.6. The van der Waals surface area contributed by atoms with Gasteiger partial charge >= 0.3 is 6.09 Å². The molecule has 24 heavy (non-hydrogen) atoms. The zero-order valence-corrected chi connectivity index (χ0v) is 14.5. The Morgan fingerprint density at radius 1 is 1.08 bits per heavy atom. The molecule has 0 radical (unpaired) electrons. The number of rotatable bonds is 4. The monoisotopic (exact) mass is 321 g/mol. The largest absolute Gasteiger partial charge is 0.445 e. The highest BCUT2D eigenvalue weighted by atomic mass is 16.6. The molecule has 0 unspecified atom stereocenters. The minimum Gasteiger partial charge on any atom is -0.445 e. The van der Waals surface area contributed by atoms with Gasteiger partial charge in [-0.1, -0.05) is 48.4 Å². The van der Waals surface area contributed by atoms with Crippen LogP contribution in [0.15, 0.2) is 54.6 Å². The van der Waals surface area contributed by atoms with Crippen LogP contribution in [-0.2, 0) is 17.9 Å². The minimum atomic E-state index is -0.361. The minimum absolute atomic E-state index is 0.261. The highest BCUT2D eigenvalue weighted by Crippen LogP contribution is 2.20. The summed E-state index contributed by atoms with van der Waals surface area (Å²) in [5.41, 5.74) is 2.39. The SMILES string of the molecule is C#Cc1cccc(CN(C(=O)OCc2ccccc2)C(C)(C)C)c1. The predicted molar refractivity (Wildman–Crippen MR) is 96.3 cm³/mol. The molecule has 0 aliphatic heterocycles. The summed E-state index contributed by atoms with van der Waals surface area (Å²) in [7, 11) is 0. The van der Waals surface area contributed by atoms with Crippen LogP contribution in [0.3, 0.4) is 0 Å². The van der Waals surface area contributed by atoms with Crippen molar-refractivity contribution < 1.29 is 9.53 Å². The first kappa shape index (κ1) is 17.6. The van der Waals surface area contributed by atoms with Crippen LogP contribution >= 0.6 is 0 Å². The summed E-state index contributed by atoms with van der Waals surface area (Å²) < 4.78 is 5.49. The molecule has 2 rings (SSSR count). The van der Waals surface area contributed by atoms with E-state index in [9.17, 15) is 4.79 Å². The lowest BCUT2D eigenvalue weighted by Gasteiger charge is -2.35. The molecule has 0 saturated heterocycles. The fourth-order valence-corrected chi connectivity index (χ4v) is 2.31. The Morgan fingerprint density at radius 2 is 1.75 bits per heavy atom. The van der Waals surface area contributed by atoms with E-state index in [0.29, 0.717) is 6.54 Å². The molecule has 0 saturated carbocycles. The molecule has 3 nitrogen and oxygen atoms in total. The number of amides is 1. The number of hydrogen-bond donors (Lipinski definition) is 0. The van der Waals surface area contributed by atoms with Crippen molar-refractivity contribution in [1.82, 2.24) is 4.90 Å². The highest BCUT2D eigenvalue weighted by molar-refractivity contribution is 5.68. The van der Waals surface area contributed by atoms with Gasteiger partial charge in [-0.05, 0) is 44.0 Å². The third-order valence-corrected chi connectivity index (χ3v) is 3.67. The first-order valence-corrected chi connectivity index (χ1v) is 7.94.